The average molecular weight is 440 g/mol. The van der Waals surface area contributed by atoms with E-state index in [9.17, 15) is 14.4 Å². The Balaban J connectivity index is 1.88. The molecule has 0 unspecified atom stereocenters. The number of nitrogens with two attached hydrogens (primary N) is 1. The van der Waals surface area contributed by atoms with E-state index in [0.29, 0.717) is 23.6 Å². The average Bonchev–Trinajstić information content (AvgIpc) is 2.80. The Labute approximate surface area is 184 Å². The van der Waals surface area contributed by atoms with Crippen LogP contribution in [-0.4, -0.2) is 43.9 Å². The summed E-state index contributed by atoms with van der Waals surface area (Å²) in [7, 11) is 2.44. The predicted molar refractivity (Wildman–Crippen MR) is 118 cm³/mol. The number of rotatable bonds is 8. The molecule has 3 rings (SSSR count). The van der Waals surface area contributed by atoms with Crippen LogP contribution in [0.3, 0.4) is 0 Å². The van der Waals surface area contributed by atoms with Gasteiger partial charge in [-0.15, -0.1) is 0 Å². The van der Waals surface area contributed by atoms with Crippen LogP contribution in [0, 0.1) is 0 Å². The van der Waals surface area contributed by atoms with Crippen molar-refractivity contribution in [1.82, 2.24) is 4.57 Å². The number of methoxy groups -OCH3 is 2. The first-order chi connectivity index (χ1) is 15.4. The minimum Gasteiger partial charge on any atom is -0.492 e. The van der Waals surface area contributed by atoms with Crippen molar-refractivity contribution in [2.45, 2.75) is 13.5 Å². The maximum atomic E-state index is 12.9. The molecule has 32 heavy (non-hydrogen) atoms. The number of esters is 2. The first kappa shape index (κ1) is 22.7. The number of pyridine rings is 1. The third-order valence-corrected chi connectivity index (χ3v) is 4.77. The molecule has 0 spiro atoms. The Morgan fingerprint density at radius 2 is 1.66 bits per heavy atom. The SMILES string of the molecule is CCOc1cc2cc(N)ccc2n(CCOc2ccc(C(=O)OC)c(C(=O)OC)c2)c1=O. The van der Waals surface area contributed by atoms with Crippen molar-refractivity contribution >= 4 is 28.5 Å². The Kier molecular flexibility index (Phi) is 6.99. The molecule has 0 aliphatic heterocycles. The molecule has 0 bridgehead atoms. The van der Waals surface area contributed by atoms with Crippen molar-refractivity contribution < 1.29 is 28.5 Å². The van der Waals surface area contributed by atoms with Crippen LogP contribution in [0.1, 0.15) is 27.6 Å². The molecule has 0 radical (unpaired) electrons. The zero-order chi connectivity index (χ0) is 23.3. The van der Waals surface area contributed by atoms with Crippen LogP contribution in [0.4, 0.5) is 5.69 Å². The highest BCUT2D eigenvalue weighted by Gasteiger charge is 2.19. The van der Waals surface area contributed by atoms with E-state index in [1.165, 1.54) is 32.4 Å². The highest BCUT2D eigenvalue weighted by Crippen LogP contribution is 2.22. The summed E-state index contributed by atoms with van der Waals surface area (Å²) in [5, 5.41) is 0.767. The number of ether oxygens (including phenoxy) is 4. The number of carbonyl (C=O) groups is 2. The van der Waals surface area contributed by atoms with Crippen LogP contribution < -0.4 is 20.8 Å². The van der Waals surface area contributed by atoms with Gasteiger partial charge >= 0.3 is 11.9 Å². The lowest BCUT2D eigenvalue weighted by molar-refractivity contribution is 0.0555. The van der Waals surface area contributed by atoms with E-state index in [-0.39, 0.29) is 35.6 Å². The monoisotopic (exact) mass is 440 g/mol. The largest absolute Gasteiger partial charge is 0.492 e. The lowest BCUT2D eigenvalue weighted by Gasteiger charge is -2.15. The molecule has 0 fully saturated rings. The summed E-state index contributed by atoms with van der Waals surface area (Å²) in [4.78, 5) is 36.8. The van der Waals surface area contributed by atoms with Gasteiger partial charge in [-0.25, -0.2) is 9.59 Å². The molecular weight excluding hydrogens is 416 g/mol. The van der Waals surface area contributed by atoms with Gasteiger partial charge in [0.1, 0.15) is 12.4 Å². The normalized spacial score (nSPS) is 10.6. The lowest BCUT2D eigenvalue weighted by atomic mass is 10.1. The van der Waals surface area contributed by atoms with Crippen LogP contribution in [-0.2, 0) is 16.0 Å². The number of nitrogen functional groups attached to an aromatic ring is 1. The zero-order valence-electron chi connectivity index (χ0n) is 18.0. The molecule has 3 aromatic rings. The lowest BCUT2D eigenvalue weighted by Crippen LogP contribution is -2.25. The zero-order valence-corrected chi connectivity index (χ0v) is 18.0. The number of aromatic nitrogens is 1. The van der Waals surface area contributed by atoms with E-state index in [1.54, 1.807) is 35.8 Å². The number of carbonyl (C=O) groups excluding carboxylic acids is 2. The van der Waals surface area contributed by atoms with Gasteiger partial charge in [-0.05, 0) is 49.4 Å². The smallest absolute Gasteiger partial charge is 0.338 e. The highest BCUT2D eigenvalue weighted by molar-refractivity contribution is 6.03. The predicted octanol–water partition coefficient (Wildman–Crippen LogP) is 2.63. The fourth-order valence-electron chi connectivity index (χ4n) is 3.30. The molecule has 0 saturated heterocycles. The second-order valence-corrected chi connectivity index (χ2v) is 6.76. The minimum absolute atomic E-state index is 0.0216. The fourth-order valence-corrected chi connectivity index (χ4v) is 3.30. The molecule has 9 nitrogen and oxygen atoms in total. The minimum atomic E-state index is -0.694. The Morgan fingerprint density at radius 3 is 2.34 bits per heavy atom. The molecule has 0 aliphatic carbocycles. The number of fused-ring (bicyclic) bond motifs is 1. The van der Waals surface area contributed by atoms with Gasteiger partial charge in [-0.3, -0.25) is 4.79 Å². The summed E-state index contributed by atoms with van der Waals surface area (Å²) >= 11 is 0. The van der Waals surface area contributed by atoms with Crippen molar-refractivity contribution in [3.63, 3.8) is 0 Å². The summed E-state index contributed by atoms with van der Waals surface area (Å²) in [6, 6.07) is 11.3. The van der Waals surface area contributed by atoms with Crippen LogP contribution in [0.25, 0.3) is 10.9 Å². The Bertz CT molecular complexity index is 1220. The maximum Gasteiger partial charge on any atom is 0.338 e. The molecule has 2 N–H and O–H groups in total. The first-order valence-electron chi connectivity index (χ1n) is 9.89. The second kappa shape index (κ2) is 9.86. The van der Waals surface area contributed by atoms with Gasteiger partial charge in [-0.1, -0.05) is 0 Å². The van der Waals surface area contributed by atoms with E-state index in [2.05, 4.69) is 0 Å². The van der Waals surface area contributed by atoms with Gasteiger partial charge in [0.05, 0.1) is 44.0 Å². The second-order valence-electron chi connectivity index (χ2n) is 6.76. The molecule has 0 saturated carbocycles. The van der Waals surface area contributed by atoms with E-state index in [4.69, 9.17) is 24.7 Å². The van der Waals surface area contributed by atoms with Crippen molar-refractivity contribution in [3.8, 4) is 11.5 Å². The molecule has 0 aliphatic rings. The van der Waals surface area contributed by atoms with Gasteiger partial charge in [0, 0.05) is 11.1 Å². The summed E-state index contributed by atoms with van der Waals surface area (Å²) in [6.07, 6.45) is 0. The first-order valence-corrected chi connectivity index (χ1v) is 9.89. The van der Waals surface area contributed by atoms with Gasteiger partial charge in [0.25, 0.3) is 5.56 Å². The number of nitrogens with zero attached hydrogens (tertiary/aromatic N) is 1. The van der Waals surface area contributed by atoms with Crippen molar-refractivity contribution in [1.29, 1.82) is 0 Å². The van der Waals surface area contributed by atoms with E-state index >= 15 is 0 Å². The van der Waals surface area contributed by atoms with Gasteiger partial charge in [0.15, 0.2) is 5.75 Å². The van der Waals surface area contributed by atoms with Crippen molar-refractivity contribution in [2.75, 3.05) is 33.2 Å². The molecule has 9 heteroatoms. The summed E-state index contributed by atoms with van der Waals surface area (Å²) < 4.78 is 22.2. The van der Waals surface area contributed by atoms with E-state index in [1.807, 2.05) is 0 Å². The molecule has 168 valence electrons. The van der Waals surface area contributed by atoms with Gasteiger partial charge in [-0.2, -0.15) is 0 Å². The maximum absolute atomic E-state index is 12.9. The van der Waals surface area contributed by atoms with E-state index in [0.717, 1.165) is 5.39 Å². The Morgan fingerprint density at radius 1 is 0.938 bits per heavy atom. The van der Waals surface area contributed by atoms with Gasteiger partial charge in [0.2, 0.25) is 0 Å². The van der Waals surface area contributed by atoms with Crippen molar-refractivity contribution in [2.24, 2.45) is 0 Å². The number of benzene rings is 2. The van der Waals surface area contributed by atoms with E-state index < -0.39 is 11.9 Å². The quantitative estimate of drug-likeness (QED) is 0.419. The third kappa shape index (κ3) is 4.66. The third-order valence-electron chi connectivity index (χ3n) is 4.77. The summed E-state index contributed by atoms with van der Waals surface area (Å²) in [5.74, 6) is -0.802. The van der Waals surface area contributed by atoms with Crippen LogP contribution in [0.15, 0.2) is 47.3 Å². The van der Waals surface area contributed by atoms with Crippen molar-refractivity contribution in [3.05, 3.63) is 63.9 Å². The number of hydrogen-bond acceptors (Lipinski definition) is 8. The topological polar surface area (TPSA) is 119 Å². The molecule has 0 amide bonds. The standard InChI is InChI=1S/C23H24N2O7/c1-4-31-20-12-14-11-15(24)5-8-19(14)25(21(20)26)9-10-32-16-6-7-17(22(27)29-2)18(13-16)23(28)30-3/h5-8,11-13H,4,9-10,24H2,1-3H3. The number of anilines is 1. The molecular formula is C23H24N2O7. The van der Waals surface area contributed by atoms with Crippen LogP contribution in [0.2, 0.25) is 0 Å². The number of hydrogen-bond donors (Lipinski definition) is 1. The van der Waals surface area contributed by atoms with Gasteiger partial charge < -0.3 is 29.2 Å². The Hall–Kier alpha value is -4.01. The molecule has 0 atom stereocenters. The fraction of sp³-hybridized carbons (Fsp3) is 0.261. The summed E-state index contributed by atoms with van der Waals surface area (Å²) in [6.45, 7) is 2.48. The molecule has 2 aromatic carbocycles. The highest BCUT2D eigenvalue weighted by atomic mass is 16.5. The molecule has 1 aromatic heterocycles. The summed E-state index contributed by atoms with van der Waals surface area (Å²) in [5.41, 5.74) is 6.94. The van der Waals surface area contributed by atoms with Crippen LogP contribution >= 0.6 is 0 Å². The molecule has 1 heterocycles. The van der Waals surface area contributed by atoms with Crippen LogP contribution in [0.5, 0.6) is 11.5 Å².